The van der Waals surface area contributed by atoms with Gasteiger partial charge in [0.1, 0.15) is 5.65 Å². The van der Waals surface area contributed by atoms with Crippen molar-refractivity contribution < 1.29 is 4.79 Å². The fourth-order valence-corrected chi connectivity index (χ4v) is 3.86. The first-order valence-electron chi connectivity index (χ1n) is 9.03. The lowest BCUT2D eigenvalue weighted by Gasteiger charge is -2.30. The third kappa shape index (κ3) is 3.27. The number of hydrogen-bond acceptors (Lipinski definition) is 3. The van der Waals surface area contributed by atoms with Crippen LogP contribution >= 0.6 is 0 Å². The Morgan fingerprint density at radius 1 is 1.23 bits per heavy atom. The summed E-state index contributed by atoms with van der Waals surface area (Å²) in [4.78, 5) is 31.1. The molecule has 0 radical (unpaired) electrons. The Bertz CT molecular complexity index is 996. The third-order valence-electron chi connectivity index (χ3n) is 5.14. The molecule has 1 aliphatic rings. The van der Waals surface area contributed by atoms with Crippen LogP contribution in [-0.4, -0.2) is 26.5 Å². The van der Waals surface area contributed by atoms with E-state index in [0.717, 1.165) is 36.7 Å². The molecule has 1 amide bonds. The summed E-state index contributed by atoms with van der Waals surface area (Å²) >= 11 is 0. The van der Waals surface area contributed by atoms with E-state index in [2.05, 4.69) is 38.2 Å². The number of aryl methyl sites for hydroxylation is 1. The summed E-state index contributed by atoms with van der Waals surface area (Å²) in [5.41, 5.74) is 1.90. The number of nitrogens with zero attached hydrogens (tertiary/aromatic N) is 2. The Balaban J connectivity index is 1.40. The van der Waals surface area contributed by atoms with Crippen molar-refractivity contribution in [2.75, 3.05) is 0 Å². The topological polar surface area (TPSA) is 79.8 Å². The molecule has 0 unspecified atom stereocenters. The number of rotatable bonds is 3. The van der Waals surface area contributed by atoms with Crippen molar-refractivity contribution in [1.29, 1.82) is 0 Å². The fraction of sp³-hybridized carbons (Fsp3) is 0.350. The molecule has 3 aromatic heterocycles. The zero-order chi connectivity index (χ0) is 18.1. The summed E-state index contributed by atoms with van der Waals surface area (Å²) in [7, 11) is 0. The standard InChI is InChI=1S/C20H22N4O2/c1-13-11-15(12-18(25)22-13)20(26)23-16-4-6-17(7-5-16)24-10-8-14-3-2-9-21-19(14)24/h2-3,8-12,16-17H,4-7H2,1H3,(H,22,25)(H,23,26). The van der Waals surface area contributed by atoms with Gasteiger partial charge in [-0.3, -0.25) is 9.59 Å². The molecule has 0 saturated heterocycles. The zero-order valence-electron chi connectivity index (χ0n) is 14.7. The van der Waals surface area contributed by atoms with Crippen LogP contribution in [0.2, 0.25) is 0 Å². The van der Waals surface area contributed by atoms with E-state index in [1.165, 1.54) is 6.07 Å². The summed E-state index contributed by atoms with van der Waals surface area (Å²) in [6.45, 7) is 1.78. The van der Waals surface area contributed by atoms with E-state index in [4.69, 9.17) is 0 Å². The van der Waals surface area contributed by atoms with Gasteiger partial charge in [-0.15, -0.1) is 0 Å². The molecule has 4 rings (SSSR count). The predicted octanol–water partition coefficient (Wildman–Crippen LogP) is 2.95. The van der Waals surface area contributed by atoms with Crippen LogP contribution in [0.15, 0.2) is 47.5 Å². The van der Waals surface area contributed by atoms with E-state index in [0.29, 0.717) is 17.3 Å². The second-order valence-electron chi connectivity index (χ2n) is 7.03. The van der Waals surface area contributed by atoms with Crippen molar-refractivity contribution in [3.8, 4) is 0 Å². The molecule has 0 spiro atoms. The van der Waals surface area contributed by atoms with Gasteiger partial charge in [0.25, 0.3) is 5.91 Å². The maximum atomic E-state index is 12.4. The number of H-pyrrole nitrogens is 1. The van der Waals surface area contributed by atoms with Crippen LogP contribution in [0.1, 0.15) is 47.8 Å². The monoisotopic (exact) mass is 350 g/mol. The maximum Gasteiger partial charge on any atom is 0.251 e. The number of nitrogens with one attached hydrogen (secondary N) is 2. The van der Waals surface area contributed by atoms with Crippen molar-refractivity contribution in [3.63, 3.8) is 0 Å². The Morgan fingerprint density at radius 2 is 2.04 bits per heavy atom. The van der Waals surface area contributed by atoms with Crippen molar-refractivity contribution >= 4 is 16.9 Å². The average molecular weight is 350 g/mol. The molecule has 6 heteroatoms. The quantitative estimate of drug-likeness (QED) is 0.762. The Kier molecular flexibility index (Phi) is 4.32. The van der Waals surface area contributed by atoms with Gasteiger partial charge in [0.2, 0.25) is 5.56 Å². The van der Waals surface area contributed by atoms with Crippen molar-refractivity contribution in [2.45, 2.75) is 44.7 Å². The van der Waals surface area contributed by atoms with E-state index in [1.807, 2.05) is 12.3 Å². The van der Waals surface area contributed by atoms with Gasteiger partial charge >= 0.3 is 0 Å². The van der Waals surface area contributed by atoms with Crippen molar-refractivity contribution in [1.82, 2.24) is 19.9 Å². The first-order valence-corrected chi connectivity index (χ1v) is 9.03. The van der Waals surface area contributed by atoms with E-state index >= 15 is 0 Å². The number of aromatic amines is 1. The summed E-state index contributed by atoms with van der Waals surface area (Å²) in [6, 6.07) is 9.76. The van der Waals surface area contributed by atoms with Crippen molar-refractivity contribution in [3.05, 3.63) is 64.3 Å². The predicted molar refractivity (Wildman–Crippen MR) is 100 cm³/mol. The Morgan fingerprint density at radius 3 is 2.81 bits per heavy atom. The molecule has 26 heavy (non-hydrogen) atoms. The molecule has 1 aliphatic carbocycles. The fourth-order valence-electron chi connectivity index (χ4n) is 3.86. The number of fused-ring (bicyclic) bond motifs is 1. The first kappa shape index (κ1) is 16.6. The van der Waals surface area contributed by atoms with Gasteiger partial charge in [-0.1, -0.05) is 0 Å². The van der Waals surface area contributed by atoms with Crippen LogP contribution in [0.25, 0.3) is 11.0 Å². The molecule has 1 saturated carbocycles. The molecule has 1 fully saturated rings. The van der Waals surface area contributed by atoms with Crippen LogP contribution in [0.4, 0.5) is 0 Å². The van der Waals surface area contributed by atoms with E-state index < -0.39 is 0 Å². The Labute approximate surface area is 151 Å². The molecule has 6 nitrogen and oxygen atoms in total. The number of carbonyl (C=O) groups is 1. The lowest BCUT2D eigenvalue weighted by molar-refractivity contribution is 0.0922. The van der Waals surface area contributed by atoms with Crippen LogP contribution in [0.3, 0.4) is 0 Å². The van der Waals surface area contributed by atoms with Crippen molar-refractivity contribution in [2.24, 2.45) is 0 Å². The van der Waals surface area contributed by atoms with Crippen LogP contribution < -0.4 is 10.9 Å². The molecule has 0 aromatic carbocycles. The summed E-state index contributed by atoms with van der Waals surface area (Å²) in [6.07, 6.45) is 7.78. The second-order valence-corrected chi connectivity index (χ2v) is 7.03. The normalized spacial score (nSPS) is 20.2. The lowest BCUT2D eigenvalue weighted by atomic mass is 9.91. The molecular formula is C20H22N4O2. The molecular weight excluding hydrogens is 328 g/mol. The number of amides is 1. The lowest BCUT2D eigenvalue weighted by Crippen LogP contribution is -2.38. The van der Waals surface area contributed by atoms with Crippen LogP contribution in [0, 0.1) is 6.92 Å². The molecule has 3 aromatic rings. The number of pyridine rings is 2. The van der Waals surface area contributed by atoms with Gasteiger partial charge in [-0.05, 0) is 56.9 Å². The van der Waals surface area contributed by atoms with Gasteiger partial charge in [-0.2, -0.15) is 0 Å². The highest BCUT2D eigenvalue weighted by molar-refractivity contribution is 5.94. The maximum absolute atomic E-state index is 12.4. The largest absolute Gasteiger partial charge is 0.349 e. The summed E-state index contributed by atoms with van der Waals surface area (Å²) in [5, 5.41) is 4.24. The molecule has 2 N–H and O–H groups in total. The Hall–Kier alpha value is -2.89. The number of aromatic nitrogens is 3. The van der Waals surface area contributed by atoms with Gasteiger partial charge in [0.05, 0.1) is 0 Å². The van der Waals surface area contributed by atoms with E-state index in [9.17, 15) is 9.59 Å². The minimum absolute atomic E-state index is 0.146. The smallest absolute Gasteiger partial charge is 0.251 e. The highest BCUT2D eigenvalue weighted by Gasteiger charge is 2.24. The minimum atomic E-state index is -0.245. The van der Waals surface area contributed by atoms with Gasteiger partial charge in [0, 0.05) is 47.2 Å². The van der Waals surface area contributed by atoms with Crippen LogP contribution in [0.5, 0.6) is 0 Å². The number of hydrogen-bond donors (Lipinski definition) is 2. The van der Waals surface area contributed by atoms with Gasteiger partial charge in [0.15, 0.2) is 0 Å². The second kappa shape index (κ2) is 6.78. The molecule has 0 aliphatic heterocycles. The molecule has 3 heterocycles. The van der Waals surface area contributed by atoms with E-state index in [1.54, 1.807) is 13.0 Å². The minimum Gasteiger partial charge on any atom is -0.349 e. The van der Waals surface area contributed by atoms with E-state index in [-0.39, 0.29) is 17.5 Å². The first-order chi connectivity index (χ1) is 12.6. The summed E-state index contributed by atoms with van der Waals surface area (Å²) < 4.78 is 2.26. The van der Waals surface area contributed by atoms with Gasteiger partial charge < -0.3 is 14.9 Å². The van der Waals surface area contributed by atoms with Gasteiger partial charge in [-0.25, -0.2) is 4.98 Å². The molecule has 0 bridgehead atoms. The molecule has 0 atom stereocenters. The third-order valence-corrected chi connectivity index (χ3v) is 5.14. The highest BCUT2D eigenvalue weighted by atomic mass is 16.2. The molecule has 134 valence electrons. The number of carbonyl (C=O) groups excluding carboxylic acids is 1. The highest BCUT2D eigenvalue weighted by Crippen LogP contribution is 2.31. The SMILES string of the molecule is Cc1cc(C(=O)NC2CCC(n3ccc4cccnc43)CC2)cc(=O)[nH]1. The average Bonchev–Trinajstić information content (AvgIpc) is 3.06. The van der Waals surface area contributed by atoms with Crippen LogP contribution in [-0.2, 0) is 0 Å². The summed E-state index contributed by atoms with van der Waals surface area (Å²) in [5.74, 6) is -0.171. The zero-order valence-corrected chi connectivity index (χ0v) is 14.7.